The quantitative estimate of drug-likeness (QED) is 0.753. The zero-order valence-electron chi connectivity index (χ0n) is 8.28. The van der Waals surface area contributed by atoms with Crippen molar-refractivity contribution in [2.45, 2.75) is 26.2 Å². The minimum Gasteiger partial charge on any atom is -0.508 e. The van der Waals surface area contributed by atoms with Crippen molar-refractivity contribution in [2.75, 3.05) is 0 Å². The Kier molecular flexibility index (Phi) is 2.98. The molecule has 14 heavy (non-hydrogen) atoms. The molecule has 1 unspecified atom stereocenters. The normalized spacial score (nSPS) is 12.1. The molecule has 1 aromatic carbocycles. The highest BCUT2D eigenvalue weighted by Gasteiger charge is 2.12. The minimum absolute atomic E-state index is 0.0197. The van der Waals surface area contributed by atoms with Crippen LogP contribution in [0.5, 0.6) is 11.5 Å². The van der Waals surface area contributed by atoms with Gasteiger partial charge in [-0.05, 0) is 25.0 Å². The van der Waals surface area contributed by atoms with E-state index in [-0.39, 0.29) is 17.4 Å². The van der Waals surface area contributed by atoms with E-state index in [0.717, 1.165) is 5.56 Å². The molecule has 1 aromatic rings. The highest BCUT2D eigenvalue weighted by Crippen LogP contribution is 2.32. The monoisotopic (exact) mass is 191 g/mol. The van der Waals surface area contributed by atoms with Crippen LogP contribution < -0.4 is 0 Å². The minimum atomic E-state index is -0.360. The first kappa shape index (κ1) is 10.4. The summed E-state index contributed by atoms with van der Waals surface area (Å²) >= 11 is 0. The number of rotatable bonds is 2. The molecule has 0 aromatic heterocycles. The number of aromatic hydroxyl groups is 2. The van der Waals surface area contributed by atoms with Crippen molar-refractivity contribution in [3.63, 3.8) is 0 Å². The molecule has 0 bridgehead atoms. The Balaban J connectivity index is 3.25. The number of benzene rings is 1. The molecule has 0 spiro atoms. The van der Waals surface area contributed by atoms with E-state index in [0.29, 0.717) is 12.0 Å². The summed E-state index contributed by atoms with van der Waals surface area (Å²) in [6, 6.07) is 5.02. The molecule has 0 fully saturated rings. The number of hydrogen-bond donors (Lipinski definition) is 2. The van der Waals surface area contributed by atoms with Crippen molar-refractivity contribution >= 4 is 0 Å². The van der Waals surface area contributed by atoms with Gasteiger partial charge in [0.15, 0.2) is 0 Å². The van der Waals surface area contributed by atoms with Crippen LogP contribution in [-0.4, -0.2) is 10.2 Å². The van der Waals surface area contributed by atoms with Gasteiger partial charge in [-0.1, -0.05) is 6.92 Å². The van der Waals surface area contributed by atoms with Crippen LogP contribution in [0.3, 0.4) is 0 Å². The number of phenols is 2. The van der Waals surface area contributed by atoms with Crippen LogP contribution in [0.25, 0.3) is 0 Å². The second-order valence-corrected chi connectivity index (χ2v) is 3.24. The van der Waals surface area contributed by atoms with E-state index in [1.54, 1.807) is 13.0 Å². The van der Waals surface area contributed by atoms with E-state index in [9.17, 15) is 10.2 Å². The SMILES string of the molecule is CCc1cc(C(C)C#N)c(O)cc1O. The Hall–Kier alpha value is -1.69. The van der Waals surface area contributed by atoms with Crippen LogP contribution in [0, 0.1) is 11.3 Å². The first-order chi connectivity index (χ1) is 6.60. The summed E-state index contributed by atoms with van der Waals surface area (Å²) in [6.07, 6.45) is 0.678. The molecular weight excluding hydrogens is 178 g/mol. The molecule has 0 aliphatic rings. The van der Waals surface area contributed by atoms with Gasteiger partial charge in [-0.3, -0.25) is 0 Å². The molecule has 3 nitrogen and oxygen atoms in total. The van der Waals surface area contributed by atoms with Crippen LogP contribution in [-0.2, 0) is 6.42 Å². The molecule has 0 saturated carbocycles. The highest BCUT2D eigenvalue weighted by atomic mass is 16.3. The van der Waals surface area contributed by atoms with Crippen LogP contribution >= 0.6 is 0 Å². The molecule has 0 aliphatic carbocycles. The van der Waals surface area contributed by atoms with Gasteiger partial charge < -0.3 is 10.2 Å². The zero-order valence-corrected chi connectivity index (χ0v) is 8.28. The molecule has 1 atom stereocenters. The maximum Gasteiger partial charge on any atom is 0.123 e. The predicted molar refractivity (Wildman–Crippen MR) is 53.2 cm³/mol. The smallest absolute Gasteiger partial charge is 0.123 e. The van der Waals surface area contributed by atoms with Crippen LogP contribution in [0.15, 0.2) is 12.1 Å². The lowest BCUT2D eigenvalue weighted by Gasteiger charge is -2.09. The third-order valence-electron chi connectivity index (χ3n) is 2.27. The summed E-state index contributed by atoms with van der Waals surface area (Å²) in [5.41, 5.74) is 1.32. The number of nitriles is 1. The van der Waals surface area contributed by atoms with Crippen molar-refractivity contribution in [1.29, 1.82) is 5.26 Å². The molecule has 0 saturated heterocycles. The van der Waals surface area contributed by atoms with E-state index >= 15 is 0 Å². The topological polar surface area (TPSA) is 64.2 Å². The Morgan fingerprint density at radius 3 is 2.50 bits per heavy atom. The van der Waals surface area contributed by atoms with Crippen molar-refractivity contribution in [2.24, 2.45) is 0 Å². The first-order valence-corrected chi connectivity index (χ1v) is 4.54. The van der Waals surface area contributed by atoms with Crippen molar-refractivity contribution in [3.05, 3.63) is 23.3 Å². The van der Waals surface area contributed by atoms with Crippen LogP contribution in [0.4, 0.5) is 0 Å². The van der Waals surface area contributed by atoms with Gasteiger partial charge in [0.05, 0.1) is 12.0 Å². The zero-order chi connectivity index (χ0) is 10.7. The molecule has 0 radical (unpaired) electrons. The van der Waals surface area contributed by atoms with Gasteiger partial charge in [0.25, 0.3) is 0 Å². The molecule has 3 heteroatoms. The van der Waals surface area contributed by atoms with Gasteiger partial charge in [0.1, 0.15) is 11.5 Å². The van der Waals surface area contributed by atoms with E-state index < -0.39 is 0 Å². The van der Waals surface area contributed by atoms with Gasteiger partial charge in [-0.25, -0.2) is 0 Å². The standard InChI is InChI=1S/C11H13NO2/c1-3-8-4-9(7(2)6-12)11(14)5-10(8)13/h4-5,7,13-14H,3H2,1-2H3. The average Bonchev–Trinajstić information content (AvgIpc) is 2.17. The van der Waals surface area contributed by atoms with Crippen LogP contribution in [0.1, 0.15) is 30.9 Å². The summed E-state index contributed by atoms with van der Waals surface area (Å²) in [5.74, 6) is -0.298. The highest BCUT2D eigenvalue weighted by molar-refractivity contribution is 5.47. The fourth-order valence-corrected chi connectivity index (χ4v) is 1.34. The van der Waals surface area contributed by atoms with Gasteiger partial charge in [0.2, 0.25) is 0 Å². The summed E-state index contributed by atoms with van der Waals surface area (Å²) in [6.45, 7) is 3.62. The second kappa shape index (κ2) is 4.01. The maximum absolute atomic E-state index is 9.50. The van der Waals surface area contributed by atoms with E-state index in [4.69, 9.17) is 5.26 Å². The van der Waals surface area contributed by atoms with Crippen LogP contribution in [0.2, 0.25) is 0 Å². The van der Waals surface area contributed by atoms with Crippen molar-refractivity contribution in [1.82, 2.24) is 0 Å². The summed E-state index contributed by atoms with van der Waals surface area (Å²) in [7, 11) is 0. The fourth-order valence-electron chi connectivity index (χ4n) is 1.34. The lowest BCUT2D eigenvalue weighted by Crippen LogP contribution is -1.93. The fraction of sp³-hybridized carbons (Fsp3) is 0.364. The van der Waals surface area contributed by atoms with Gasteiger partial charge >= 0.3 is 0 Å². The lowest BCUT2D eigenvalue weighted by molar-refractivity contribution is 0.441. The maximum atomic E-state index is 9.50. The third kappa shape index (κ3) is 1.80. The molecule has 0 heterocycles. The average molecular weight is 191 g/mol. The van der Waals surface area contributed by atoms with Gasteiger partial charge in [-0.2, -0.15) is 5.26 Å². The largest absolute Gasteiger partial charge is 0.508 e. The van der Waals surface area contributed by atoms with Crippen molar-refractivity contribution in [3.8, 4) is 17.6 Å². The molecule has 74 valence electrons. The van der Waals surface area contributed by atoms with Gasteiger partial charge in [-0.15, -0.1) is 0 Å². The molecular formula is C11H13NO2. The van der Waals surface area contributed by atoms with Crippen molar-refractivity contribution < 1.29 is 10.2 Å². The van der Waals surface area contributed by atoms with E-state index in [1.165, 1.54) is 6.07 Å². The van der Waals surface area contributed by atoms with E-state index in [1.807, 2.05) is 6.92 Å². The lowest BCUT2D eigenvalue weighted by atomic mass is 9.97. The molecule has 2 N–H and O–H groups in total. The summed E-state index contributed by atoms with van der Waals surface area (Å²) < 4.78 is 0. The Morgan fingerprint density at radius 1 is 1.36 bits per heavy atom. The molecule has 1 rings (SSSR count). The number of phenolic OH excluding ortho intramolecular Hbond substituents is 2. The number of hydrogen-bond acceptors (Lipinski definition) is 3. The van der Waals surface area contributed by atoms with E-state index in [2.05, 4.69) is 6.07 Å². The number of nitrogens with zero attached hydrogens (tertiary/aromatic N) is 1. The number of aryl methyl sites for hydroxylation is 1. The first-order valence-electron chi connectivity index (χ1n) is 4.54. The Morgan fingerprint density at radius 2 is 2.00 bits per heavy atom. The van der Waals surface area contributed by atoms with Gasteiger partial charge in [0, 0.05) is 11.6 Å². The summed E-state index contributed by atoms with van der Waals surface area (Å²) in [4.78, 5) is 0. The molecule has 0 aliphatic heterocycles. The Labute approximate surface area is 83.2 Å². The molecule has 0 amide bonds. The summed E-state index contributed by atoms with van der Waals surface area (Å²) in [5, 5.41) is 27.7. The second-order valence-electron chi connectivity index (χ2n) is 3.24. The Bertz CT molecular complexity index is 380. The predicted octanol–water partition coefficient (Wildman–Crippen LogP) is 2.29. The third-order valence-corrected chi connectivity index (χ3v) is 2.27.